The van der Waals surface area contributed by atoms with Gasteiger partial charge >= 0.3 is 86.2 Å². The molecule has 0 aromatic rings. The second kappa shape index (κ2) is 2.24. The van der Waals surface area contributed by atoms with Crippen molar-refractivity contribution >= 4 is 13.3 Å². The van der Waals surface area contributed by atoms with Crippen molar-refractivity contribution in [1.29, 1.82) is 0 Å². The van der Waals surface area contributed by atoms with Crippen LogP contribution in [0.3, 0.4) is 0 Å². The maximum absolute atomic E-state index is 10.3. The SMILES string of the molecule is [CH3][Ge]12[CH2]C3(O)CC(O)(CC(O)(C3)[CH2]1)[CH2]2. The molecule has 3 heterocycles. The minimum atomic E-state index is -2.09. The Kier molecular flexibility index (Phi) is 1.54. The second-order valence-corrected chi connectivity index (χ2v) is 16.4. The molecule has 80 valence electrons. The average Bonchev–Trinajstić information content (AvgIpc) is 1.67. The summed E-state index contributed by atoms with van der Waals surface area (Å²) >= 11 is -2.09. The molecule has 0 aromatic heterocycles. The summed E-state index contributed by atoms with van der Waals surface area (Å²) in [5.74, 6) is 2.26. The fraction of sp³-hybridized carbons (Fsp3) is 1.00. The average molecular weight is 259 g/mol. The Bertz CT molecular complexity index is 208. The summed E-state index contributed by atoms with van der Waals surface area (Å²) in [7, 11) is 0. The zero-order valence-corrected chi connectivity index (χ0v) is 10.7. The van der Waals surface area contributed by atoms with E-state index in [2.05, 4.69) is 5.76 Å². The zero-order valence-electron chi connectivity index (χ0n) is 8.58. The Hall–Kier alpha value is 0.423. The molecule has 1 saturated carbocycles. The van der Waals surface area contributed by atoms with Crippen molar-refractivity contribution in [2.24, 2.45) is 0 Å². The number of rotatable bonds is 0. The van der Waals surface area contributed by atoms with Gasteiger partial charge in [-0.2, -0.15) is 0 Å². The fourth-order valence-electron chi connectivity index (χ4n) is 4.97. The number of hydrogen-bond acceptors (Lipinski definition) is 3. The van der Waals surface area contributed by atoms with Crippen molar-refractivity contribution in [3.8, 4) is 0 Å². The van der Waals surface area contributed by atoms with E-state index in [0.29, 0.717) is 19.3 Å². The van der Waals surface area contributed by atoms with Gasteiger partial charge in [-0.25, -0.2) is 0 Å². The van der Waals surface area contributed by atoms with Crippen LogP contribution in [0.25, 0.3) is 0 Å². The predicted octanol–water partition coefficient (Wildman–Crippen LogP) is 0.469. The summed E-state index contributed by atoms with van der Waals surface area (Å²) in [4.78, 5) is 0. The third kappa shape index (κ3) is 1.22. The van der Waals surface area contributed by atoms with Crippen LogP contribution >= 0.6 is 0 Å². The summed E-state index contributed by atoms with van der Waals surface area (Å²) in [6.07, 6.45) is 1.51. The van der Waals surface area contributed by atoms with Gasteiger partial charge in [0, 0.05) is 0 Å². The molecule has 4 rings (SSSR count). The summed E-state index contributed by atoms with van der Waals surface area (Å²) in [5, 5.41) is 33.8. The van der Waals surface area contributed by atoms with Crippen LogP contribution in [0.4, 0.5) is 0 Å². The van der Waals surface area contributed by atoms with Crippen LogP contribution < -0.4 is 0 Å². The van der Waals surface area contributed by atoms with E-state index in [4.69, 9.17) is 0 Å². The van der Waals surface area contributed by atoms with E-state index in [1.165, 1.54) is 0 Å². The van der Waals surface area contributed by atoms with Crippen molar-refractivity contribution in [3.63, 3.8) is 0 Å². The Morgan fingerprint density at radius 2 is 1.07 bits per heavy atom. The van der Waals surface area contributed by atoms with Gasteiger partial charge in [0.05, 0.1) is 0 Å². The van der Waals surface area contributed by atoms with E-state index in [9.17, 15) is 15.3 Å². The summed E-state index contributed by atoms with van der Waals surface area (Å²) in [6.45, 7) is 0. The van der Waals surface area contributed by atoms with Crippen molar-refractivity contribution in [1.82, 2.24) is 0 Å². The van der Waals surface area contributed by atoms with E-state index in [1.807, 2.05) is 0 Å². The quantitative estimate of drug-likeness (QED) is 0.554. The van der Waals surface area contributed by atoms with Gasteiger partial charge in [-0.1, -0.05) is 0 Å². The monoisotopic (exact) mass is 260 g/mol. The summed E-state index contributed by atoms with van der Waals surface area (Å²) in [6, 6.07) is 0. The van der Waals surface area contributed by atoms with E-state index in [-0.39, 0.29) is 0 Å². The fourth-order valence-corrected chi connectivity index (χ4v) is 17.3. The standard InChI is InChI=1S/C10H18GeO3/c1-11-5-8(12)2-9(13,6-11)4-10(14,3-8)7-11/h12-14H,2-7H2,1H3. The van der Waals surface area contributed by atoms with Gasteiger partial charge in [0.2, 0.25) is 0 Å². The molecule has 0 radical (unpaired) electrons. The van der Waals surface area contributed by atoms with Crippen LogP contribution in [0, 0.1) is 0 Å². The maximum atomic E-state index is 10.3. The van der Waals surface area contributed by atoms with Crippen LogP contribution in [0.5, 0.6) is 0 Å². The zero-order chi connectivity index (χ0) is 10.2. The van der Waals surface area contributed by atoms with Crippen molar-refractivity contribution in [2.45, 2.75) is 57.6 Å². The van der Waals surface area contributed by atoms with Gasteiger partial charge in [0.15, 0.2) is 0 Å². The molecule has 4 aliphatic rings. The molecule has 3 saturated heterocycles. The van der Waals surface area contributed by atoms with Gasteiger partial charge in [-0.15, -0.1) is 0 Å². The normalized spacial score (nSPS) is 66.0. The number of hydrogen-bond donors (Lipinski definition) is 3. The molecule has 4 bridgehead atoms. The Balaban J connectivity index is 2.08. The van der Waals surface area contributed by atoms with Crippen LogP contribution in [-0.2, 0) is 0 Å². The second-order valence-electron chi connectivity index (χ2n) is 6.54. The molecule has 3 nitrogen and oxygen atoms in total. The first-order chi connectivity index (χ1) is 6.24. The van der Waals surface area contributed by atoms with E-state index < -0.39 is 30.1 Å². The third-order valence-corrected chi connectivity index (χ3v) is 13.8. The van der Waals surface area contributed by atoms with Crippen LogP contribution in [0.1, 0.15) is 19.3 Å². The molecule has 4 fully saturated rings. The first-order valence-corrected chi connectivity index (χ1v) is 12.0. The van der Waals surface area contributed by atoms with Gasteiger partial charge in [0.1, 0.15) is 0 Å². The molecule has 3 N–H and O–H groups in total. The van der Waals surface area contributed by atoms with Gasteiger partial charge < -0.3 is 0 Å². The Morgan fingerprint density at radius 3 is 1.29 bits per heavy atom. The molecule has 3 aliphatic heterocycles. The van der Waals surface area contributed by atoms with Crippen molar-refractivity contribution < 1.29 is 15.3 Å². The van der Waals surface area contributed by atoms with Crippen molar-refractivity contribution in [3.05, 3.63) is 0 Å². The molecule has 0 amide bonds. The number of aliphatic hydroxyl groups is 3. The van der Waals surface area contributed by atoms with E-state index >= 15 is 0 Å². The molecular formula is C10H18GeO3. The van der Waals surface area contributed by atoms with E-state index in [0.717, 1.165) is 15.8 Å². The molecular weight excluding hydrogens is 241 g/mol. The Labute approximate surface area is 86.5 Å². The van der Waals surface area contributed by atoms with E-state index in [1.54, 1.807) is 0 Å². The molecule has 0 unspecified atom stereocenters. The first-order valence-electron chi connectivity index (χ1n) is 5.41. The topological polar surface area (TPSA) is 60.7 Å². The van der Waals surface area contributed by atoms with Crippen molar-refractivity contribution in [2.75, 3.05) is 0 Å². The molecule has 4 heteroatoms. The van der Waals surface area contributed by atoms with Crippen LogP contribution in [0.15, 0.2) is 0 Å². The first kappa shape index (κ1) is 9.63. The molecule has 0 aromatic carbocycles. The third-order valence-electron chi connectivity index (χ3n) is 4.24. The molecule has 1 aliphatic carbocycles. The van der Waals surface area contributed by atoms with Crippen LogP contribution in [-0.4, -0.2) is 45.4 Å². The molecule has 14 heavy (non-hydrogen) atoms. The predicted molar refractivity (Wildman–Crippen MR) is 54.7 cm³/mol. The summed E-state index contributed by atoms with van der Waals surface area (Å²) in [5.41, 5.74) is -2.19. The van der Waals surface area contributed by atoms with Gasteiger partial charge in [0.25, 0.3) is 0 Å². The van der Waals surface area contributed by atoms with Crippen LogP contribution in [0.2, 0.25) is 21.5 Å². The van der Waals surface area contributed by atoms with Gasteiger partial charge in [-0.05, 0) is 0 Å². The molecule has 0 spiro atoms. The molecule has 0 atom stereocenters. The summed E-state index contributed by atoms with van der Waals surface area (Å²) < 4.78 is 0. The Morgan fingerprint density at radius 1 is 0.786 bits per heavy atom. The van der Waals surface area contributed by atoms with Gasteiger partial charge in [-0.3, -0.25) is 0 Å². The minimum absolute atomic E-state index is 0.503.